The SMILES string of the molecule is CC(C)(C)[N+]1(C(C)(C)C)C=CNC1. The zero-order valence-corrected chi connectivity index (χ0v) is 9.81. The van der Waals surface area contributed by atoms with E-state index >= 15 is 0 Å². The van der Waals surface area contributed by atoms with Gasteiger partial charge in [-0.3, -0.25) is 4.48 Å². The Labute approximate surface area is 82.2 Å². The summed E-state index contributed by atoms with van der Waals surface area (Å²) in [7, 11) is 0. The monoisotopic (exact) mass is 183 g/mol. The molecule has 0 aliphatic carbocycles. The Kier molecular flexibility index (Phi) is 2.23. The zero-order valence-electron chi connectivity index (χ0n) is 9.81. The number of rotatable bonds is 0. The van der Waals surface area contributed by atoms with Crippen molar-refractivity contribution >= 4 is 0 Å². The van der Waals surface area contributed by atoms with Crippen LogP contribution < -0.4 is 5.32 Å². The predicted octanol–water partition coefficient (Wildman–Crippen LogP) is 2.43. The first-order chi connectivity index (χ1) is 5.71. The molecule has 0 unspecified atom stereocenters. The first-order valence-electron chi connectivity index (χ1n) is 5.00. The fourth-order valence-electron chi connectivity index (χ4n) is 2.36. The summed E-state index contributed by atoms with van der Waals surface area (Å²) >= 11 is 0. The molecule has 0 spiro atoms. The van der Waals surface area contributed by atoms with Crippen molar-refractivity contribution in [2.45, 2.75) is 52.6 Å². The third kappa shape index (κ3) is 1.48. The van der Waals surface area contributed by atoms with Crippen LogP contribution in [-0.2, 0) is 0 Å². The largest absolute Gasteiger partial charge is 0.340 e. The molecule has 0 fully saturated rings. The highest BCUT2D eigenvalue weighted by atomic mass is 15.5. The van der Waals surface area contributed by atoms with Crippen molar-refractivity contribution < 1.29 is 4.48 Å². The van der Waals surface area contributed by atoms with Gasteiger partial charge < -0.3 is 5.32 Å². The minimum atomic E-state index is 0.248. The highest BCUT2D eigenvalue weighted by Crippen LogP contribution is 2.36. The fraction of sp³-hybridized carbons (Fsp3) is 0.818. The molecule has 2 heteroatoms. The lowest BCUT2D eigenvalue weighted by molar-refractivity contribution is -0.964. The molecule has 0 radical (unpaired) electrons. The lowest BCUT2D eigenvalue weighted by atomic mass is 9.92. The van der Waals surface area contributed by atoms with Crippen LogP contribution in [-0.4, -0.2) is 22.2 Å². The minimum absolute atomic E-state index is 0.248. The van der Waals surface area contributed by atoms with E-state index in [4.69, 9.17) is 0 Å². The highest BCUT2D eigenvalue weighted by Gasteiger charge is 2.49. The molecule has 0 saturated heterocycles. The maximum absolute atomic E-state index is 3.32. The zero-order chi connectivity index (χ0) is 10.3. The molecule has 1 aliphatic heterocycles. The van der Waals surface area contributed by atoms with Gasteiger partial charge in [-0.15, -0.1) is 0 Å². The summed E-state index contributed by atoms with van der Waals surface area (Å²) in [5, 5.41) is 3.32. The molecule has 13 heavy (non-hydrogen) atoms. The lowest BCUT2D eigenvalue weighted by Crippen LogP contribution is -2.66. The van der Waals surface area contributed by atoms with Crippen molar-refractivity contribution in [2.75, 3.05) is 6.67 Å². The van der Waals surface area contributed by atoms with Gasteiger partial charge in [-0.05, 0) is 41.5 Å². The van der Waals surface area contributed by atoms with Crippen LogP contribution in [0.1, 0.15) is 41.5 Å². The number of quaternary nitrogens is 1. The Morgan fingerprint density at radius 2 is 1.46 bits per heavy atom. The van der Waals surface area contributed by atoms with E-state index in [1.807, 2.05) is 0 Å². The van der Waals surface area contributed by atoms with Gasteiger partial charge in [-0.25, -0.2) is 0 Å². The Balaban J connectivity index is 3.11. The average Bonchev–Trinajstić information content (AvgIpc) is 2.28. The summed E-state index contributed by atoms with van der Waals surface area (Å²) in [5.41, 5.74) is 0.497. The summed E-state index contributed by atoms with van der Waals surface area (Å²) in [4.78, 5) is 0. The van der Waals surface area contributed by atoms with Crippen LogP contribution in [0.25, 0.3) is 0 Å². The number of nitrogens with zero attached hydrogens (tertiary/aromatic N) is 1. The first kappa shape index (κ1) is 10.6. The van der Waals surface area contributed by atoms with E-state index in [0.29, 0.717) is 0 Å². The normalized spacial score (nSPS) is 21.7. The van der Waals surface area contributed by atoms with Crippen molar-refractivity contribution in [3.8, 4) is 0 Å². The average molecular weight is 183 g/mol. The molecule has 0 bridgehead atoms. The van der Waals surface area contributed by atoms with Crippen molar-refractivity contribution in [3.05, 3.63) is 12.4 Å². The van der Waals surface area contributed by atoms with Gasteiger partial charge in [0.25, 0.3) is 0 Å². The van der Waals surface area contributed by atoms with Crippen LogP contribution in [0.15, 0.2) is 12.4 Å². The van der Waals surface area contributed by atoms with Crippen molar-refractivity contribution in [3.63, 3.8) is 0 Å². The second-order valence-electron chi connectivity index (χ2n) is 5.89. The van der Waals surface area contributed by atoms with E-state index in [0.717, 1.165) is 11.2 Å². The van der Waals surface area contributed by atoms with Crippen LogP contribution in [0.4, 0.5) is 0 Å². The van der Waals surface area contributed by atoms with Gasteiger partial charge in [0.1, 0.15) is 6.20 Å². The van der Waals surface area contributed by atoms with Gasteiger partial charge in [0.05, 0.1) is 17.3 Å². The number of hydrogen-bond donors (Lipinski definition) is 1. The van der Waals surface area contributed by atoms with Crippen molar-refractivity contribution in [1.29, 1.82) is 0 Å². The Morgan fingerprint density at radius 3 is 1.62 bits per heavy atom. The molecule has 0 aromatic carbocycles. The molecule has 0 aromatic rings. The first-order valence-corrected chi connectivity index (χ1v) is 5.00. The molecule has 1 N–H and O–H groups in total. The summed E-state index contributed by atoms with van der Waals surface area (Å²) in [6, 6.07) is 0. The molecule has 0 amide bonds. The fourth-order valence-corrected chi connectivity index (χ4v) is 2.36. The third-order valence-electron chi connectivity index (χ3n) is 3.18. The number of hydrogen-bond acceptors (Lipinski definition) is 1. The molecule has 1 rings (SSSR count). The molecular weight excluding hydrogens is 160 g/mol. The van der Waals surface area contributed by atoms with E-state index in [2.05, 4.69) is 59.3 Å². The quantitative estimate of drug-likeness (QED) is 0.569. The molecule has 0 saturated carbocycles. The molecule has 0 aromatic heterocycles. The minimum Gasteiger partial charge on any atom is -0.340 e. The molecule has 1 heterocycles. The van der Waals surface area contributed by atoms with E-state index in [1.165, 1.54) is 0 Å². The topological polar surface area (TPSA) is 12.0 Å². The van der Waals surface area contributed by atoms with Crippen LogP contribution in [0.2, 0.25) is 0 Å². The van der Waals surface area contributed by atoms with Crippen molar-refractivity contribution in [2.24, 2.45) is 0 Å². The number of nitrogens with one attached hydrogen (secondary N) is 1. The van der Waals surface area contributed by atoms with Gasteiger partial charge in [-0.2, -0.15) is 0 Å². The van der Waals surface area contributed by atoms with Crippen LogP contribution in [0.3, 0.4) is 0 Å². The van der Waals surface area contributed by atoms with Gasteiger partial charge >= 0.3 is 0 Å². The standard InChI is InChI=1S/C11H23N2/c1-10(2,3)13(11(4,5)6)8-7-12-9-13/h7-8,12H,9H2,1-6H3/q+1. The van der Waals surface area contributed by atoms with Crippen LogP contribution >= 0.6 is 0 Å². The Bertz CT molecular complexity index is 201. The van der Waals surface area contributed by atoms with Gasteiger partial charge in [0.2, 0.25) is 0 Å². The lowest BCUT2D eigenvalue weighted by Gasteiger charge is -2.51. The van der Waals surface area contributed by atoms with Crippen LogP contribution in [0, 0.1) is 0 Å². The molecule has 76 valence electrons. The summed E-state index contributed by atoms with van der Waals surface area (Å²) in [6.45, 7) is 14.8. The second kappa shape index (κ2) is 2.74. The third-order valence-corrected chi connectivity index (χ3v) is 3.18. The van der Waals surface area contributed by atoms with E-state index in [9.17, 15) is 0 Å². The molecule has 2 nitrogen and oxygen atoms in total. The van der Waals surface area contributed by atoms with Gasteiger partial charge in [0, 0.05) is 0 Å². The Hall–Kier alpha value is -0.500. The predicted molar refractivity (Wildman–Crippen MR) is 56.9 cm³/mol. The van der Waals surface area contributed by atoms with Gasteiger partial charge in [-0.1, -0.05) is 0 Å². The molecular formula is C11H23N2+. The Morgan fingerprint density at radius 1 is 1.00 bits per heavy atom. The van der Waals surface area contributed by atoms with E-state index in [1.54, 1.807) is 0 Å². The maximum Gasteiger partial charge on any atom is 0.156 e. The molecule has 0 atom stereocenters. The second-order valence-corrected chi connectivity index (χ2v) is 5.89. The summed E-state index contributed by atoms with van der Waals surface area (Å²) in [5.74, 6) is 0. The smallest absolute Gasteiger partial charge is 0.156 e. The van der Waals surface area contributed by atoms with E-state index in [-0.39, 0.29) is 11.1 Å². The maximum atomic E-state index is 3.32. The highest BCUT2D eigenvalue weighted by molar-refractivity contribution is 4.88. The van der Waals surface area contributed by atoms with Crippen LogP contribution in [0.5, 0.6) is 0 Å². The van der Waals surface area contributed by atoms with E-state index < -0.39 is 0 Å². The molecule has 1 aliphatic rings. The van der Waals surface area contributed by atoms with Crippen molar-refractivity contribution in [1.82, 2.24) is 5.32 Å². The van der Waals surface area contributed by atoms with Gasteiger partial charge in [0.15, 0.2) is 6.67 Å². The summed E-state index contributed by atoms with van der Waals surface area (Å²) < 4.78 is 1.00. The summed E-state index contributed by atoms with van der Waals surface area (Å²) in [6.07, 6.45) is 4.37.